The van der Waals surface area contributed by atoms with Crippen LogP contribution < -0.4 is 97.4 Å². The third-order valence-corrected chi connectivity index (χ3v) is 21.2. The molecule has 2 aromatic heterocycles. The summed E-state index contributed by atoms with van der Waals surface area (Å²) in [5.74, 6) is -15.8. The van der Waals surface area contributed by atoms with Gasteiger partial charge in [-0.05, 0) is 104 Å². The van der Waals surface area contributed by atoms with Crippen molar-refractivity contribution in [3.05, 3.63) is 102 Å². The number of aliphatic hydroxyl groups excluding tert-OH is 1. The Morgan fingerprint density at radius 3 is 1.36 bits per heavy atom. The lowest BCUT2D eigenvalue weighted by Crippen LogP contribution is -2.61. The van der Waals surface area contributed by atoms with E-state index in [1.807, 2.05) is 0 Å². The summed E-state index contributed by atoms with van der Waals surface area (Å²) in [4.78, 5) is 198. The molecule has 118 heavy (non-hydrogen) atoms. The number of phenols is 1. The number of aromatic nitrogens is 2. The molecule has 13 atom stereocenters. The summed E-state index contributed by atoms with van der Waals surface area (Å²) in [6.07, 6.45) is 2.72. The van der Waals surface area contributed by atoms with Gasteiger partial charge in [-0.2, -0.15) is 0 Å². The van der Waals surface area contributed by atoms with Gasteiger partial charge in [-0.15, -0.1) is 11.8 Å². The molecule has 1 saturated heterocycles. The summed E-state index contributed by atoms with van der Waals surface area (Å²) in [5.41, 5.74) is 25.7. The number of aromatic hydroxyl groups is 1. The smallest absolute Gasteiger partial charge is 0.245 e. The molecule has 3 aromatic carbocycles. The van der Waals surface area contributed by atoms with Gasteiger partial charge in [-0.3, -0.25) is 78.6 Å². The summed E-state index contributed by atoms with van der Waals surface area (Å²) >= 11 is 0.864. The summed E-state index contributed by atoms with van der Waals surface area (Å²) in [5, 5.41) is 82.7. The maximum Gasteiger partial charge on any atom is 0.245 e. The van der Waals surface area contributed by atoms with Gasteiger partial charge in [0.25, 0.3) is 0 Å². The topological polar surface area (TPSA) is 641 Å². The third-order valence-electron chi connectivity index (χ3n) is 20.2. The van der Waals surface area contributed by atoms with Gasteiger partial charge in [0.05, 0.1) is 18.9 Å². The van der Waals surface area contributed by atoms with Gasteiger partial charge in [0.1, 0.15) is 72.2 Å². The highest BCUT2D eigenvalue weighted by Crippen LogP contribution is 2.24. The number of amides is 13. The van der Waals surface area contributed by atoms with Crippen LogP contribution in [0.4, 0.5) is 0 Å². The Morgan fingerprint density at radius 1 is 0.500 bits per heavy atom. The molecule has 40 heteroatoms. The van der Waals surface area contributed by atoms with Crippen molar-refractivity contribution in [2.24, 2.45) is 40.7 Å². The number of benzene rings is 3. The number of aromatic amines is 2. The van der Waals surface area contributed by atoms with Crippen molar-refractivity contribution in [3.63, 3.8) is 0 Å². The number of aliphatic hydroxyl groups is 1. The Balaban J connectivity index is 1.44. The van der Waals surface area contributed by atoms with Crippen molar-refractivity contribution in [2.45, 2.75) is 185 Å². The van der Waals surface area contributed by atoms with E-state index in [0.29, 0.717) is 38.5 Å². The number of hydrogen-bond acceptors (Lipinski definition) is 19. The Kier molecular flexibility index (Phi) is 37.8. The minimum absolute atomic E-state index is 0.00342. The van der Waals surface area contributed by atoms with Crippen LogP contribution in [0.3, 0.4) is 0 Å². The molecule has 29 N–H and O–H groups in total. The molecule has 13 amide bonds. The van der Waals surface area contributed by atoms with Crippen LogP contribution in [0.1, 0.15) is 116 Å². The number of guanidine groups is 3. The lowest BCUT2D eigenvalue weighted by atomic mass is 9.95. The zero-order valence-corrected chi connectivity index (χ0v) is 68.3. The number of para-hydroxylation sites is 2. The lowest BCUT2D eigenvalue weighted by Gasteiger charge is -2.31. The highest BCUT2D eigenvalue weighted by Gasteiger charge is 2.40. The van der Waals surface area contributed by atoms with Crippen molar-refractivity contribution < 1.29 is 72.5 Å². The van der Waals surface area contributed by atoms with E-state index in [-0.39, 0.29) is 114 Å². The summed E-state index contributed by atoms with van der Waals surface area (Å²) in [7, 11) is 1.29. The second-order valence-electron chi connectivity index (χ2n) is 29.7. The largest absolute Gasteiger partial charge is 0.508 e. The Hall–Kier alpha value is -12.2. The van der Waals surface area contributed by atoms with Crippen LogP contribution in [0.2, 0.25) is 0 Å². The van der Waals surface area contributed by atoms with E-state index in [4.69, 9.17) is 39.2 Å². The number of phenolic OH excluding ortho intramolecular Hbond substituents is 1. The molecule has 0 radical (unpaired) electrons. The van der Waals surface area contributed by atoms with E-state index in [2.05, 4.69) is 84.4 Å². The van der Waals surface area contributed by atoms with E-state index in [9.17, 15) is 58.2 Å². The zero-order chi connectivity index (χ0) is 86.9. The number of fused-ring (bicyclic) bond motifs is 2. The fraction of sp³-hybridized carbons (Fsp3) is 0.513. The van der Waals surface area contributed by atoms with Crippen molar-refractivity contribution in [1.29, 1.82) is 16.2 Å². The third kappa shape index (κ3) is 29.8. The number of carbonyl (C=O) groups is 13. The van der Waals surface area contributed by atoms with Gasteiger partial charge in [0.15, 0.2) is 17.9 Å². The Morgan fingerprint density at radius 2 is 0.898 bits per heavy atom. The Labute approximate surface area is 687 Å². The average molecular weight is 1660 g/mol. The second-order valence-corrected chi connectivity index (χ2v) is 30.7. The predicted octanol–water partition coefficient (Wildman–Crippen LogP) is -2.67. The number of rotatable bonds is 26. The molecule has 0 unspecified atom stereocenters. The maximum atomic E-state index is 15.2. The number of nitrogens with one attached hydrogen (secondary N) is 19. The number of H-pyrrole nitrogens is 2. The van der Waals surface area contributed by atoms with E-state index >= 15 is 14.4 Å². The molecule has 0 spiro atoms. The zero-order valence-electron chi connectivity index (χ0n) is 67.5. The van der Waals surface area contributed by atoms with Crippen molar-refractivity contribution >= 4 is 128 Å². The standard InChI is InChI=1S/C78H116N24O15S/c1-8-42(5)63-73(115)95-53(22-15-29-87-77(82)83)67(109)94-52(21-14-28-86-76(80)81)68(110)99-59(38-103)66(108)91-37-61(105)92-57(33-45-35-89-50-19-12-10-17-48(45)50)71(113)97-55(31-41(3)4)70(112)98-58(34-46-36-90-51-20-13-11-18-49(46)51)75(117)102(7)60(65(79)107)39-118-40-62(106)93-56(32-44-24-26-47(104)27-25-44)72(114)101-64(43(6)9-2)74(116)96-54(69(111)100-63)23-16-30-88-78(84)85/h10-13,17-20,24-27,35-36,41-43,52-60,63-64,89-90,103-104H,8-9,14-16,21-23,28-34,37-40H2,1-7H3,(H2,79,107)(H,91,108)(H,92,105)(H,93,106)(H,94,109)(H,95,115)(H,96,116)(H,97,113)(H,98,112)(H,99,110)(H,100,111)(H,101,114)(H4,80,81,86)(H4,82,83,87)(H4,84,85,88)/t42-,43-,52-,53-,54-,55-,56-,57-,58-,59-,60-,63-,64-/m0/s1. The quantitative estimate of drug-likeness (QED) is 0.0152. The normalized spacial score (nSPS) is 22.8. The fourth-order valence-corrected chi connectivity index (χ4v) is 14.2. The molecule has 5 aromatic rings. The number of nitrogens with two attached hydrogens (primary N) is 4. The molecule has 0 aliphatic carbocycles. The maximum absolute atomic E-state index is 15.2. The van der Waals surface area contributed by atoms with Crippen LogP contribution in [-0.2, 0) is 81.6 Å². The summed E-state index contributed by atoms with van der Waals surface area (Å²) in [6.45, 7) is 8.38. The first-order valence-corrected chi connectivity index (χ1v) is 40.4. The van der Waals surface area contributed by atoms with E-state index < -0.39 is 192 Å². The molecule has 1 aliphatic rings. The number of likely N-dealkylation sites (N-methyl/N-ethyl adjacent to an activating group) is 1. The van der Waals surface area contributed by atoms with Crippen LogP contribution >= 0.6 is 11.8 Å². The van der Waals surface area contributed by atoms with E-state index in [1.54, 1.807) is 102 Å². The van der Waals surface area contributed by atoms with Crippen LogP contribution in [0.15, 0.2) is 85.2 Å². The van der Waals surface area contributed by atoms with Gasteiger partial charge in [0.2, 0.25) is 76.8 Å². The minimum atomic E-state index is -1.82. The number of carbonyl (C=O) groups excluding carboxylic acids is 13. The van der Waals surface area contributed by atoms with Crippen LogP contribution in [0.25, 0.3) is 21.8 Å². The molecule has 0 saturated carbocycles. The van der Waals surface area contributed by atoms with Crippen LogP contribution in [0.5, 0.6) is 5.75 Å². The first-order chi connectivity index (χ1) is 56.1. The fourth-order valence-electron chi connectivity index (χ4n) is 13.2. The molecule has 1 aliphatic heterocycles. The summed E-state index contributed by atoms with van der Waals surface area (Å²) < 4.78 is 0. The van der Waals surface area contributed by atoms with E-state index in [1.165, 1.54) is 31.3 Å². The highest BCUT2D eigenvalue weighted by atomic mass is 32.2. The van der Waals surface area contributed by atoms with Crippen molar-refractivity contribution in [2.75, 3.05) is 51.3 Å². The van der Waals surface area contributed by atoms with E-state index in [0.717, 1.165) is 16.7 Å². The highest BCUT2D eigenvalue weighted by molar-refractivity contribution is 8.00. The summed E-state index contributed by atoms with van der Waals surface area (Å²) in [6, 6.07) is 3.39. The van der Waals surface area contributed by atoms with Crippen LogP contribution in [0, 0.1) is 34.0 Å². The molecule has 6 rings (SSSR count). The van der Waals surface area contributed by atoms with Crippen molar-refractivity contribution in [3.8, 4) is 5.75 Å². The molecule has 39 nitrogen and oxygen atoms in total. The monoisotopic (exact) mass is 1660 g/mol. The SMILES string of the molecule is CC[C@H](C)[C@@H]1NC(=O)[C@H](CCCNC(=N)N)NC(=O)[C@H]([C@@H](C)CC)NC(=O)[C@H](Cc2ccc(O)cc2)NC(=O)CSC[C@@H](C(N)=O)N(C)C(=O)[C@H](Cc2c[nH]c3ccccc23)NC(=O)[C@H](CC(C)C)NC(=O)[C@H](Cc2c[nH]c3ccccc23)NC(=O)CNC(=O)[C@H](CO)NC(=O)[C@H](CCCNC(=N)N)NC(=O)[C@H](CCCNC(=N)N)NC1=O. The van der Waals surface area contributed by atoms with Crippen molar-refractivity contribution in [1.82, 2.24) is 89.3 Å². The first kappa shape index (κ1) is 94.6. The van der Waals surface area contributed by atoms with Crippen LogP contribution in [-0.4, -0.2) is 238 Å². The number of hydrogen-bond donors (Lipinski definition) is 25. The first-order valence-electron chi connectivity index (χ1n) is 39.3. The molecule has 3 heterocycles. The lowest BCUT2D eigenvalue weighted by molar-refractivity contribution is -0.141. The number of thioether (sulfide) groups is 1. The van der Waals surface area contributed by atoms with Gasteiger partial charge in [0, 0.05) is 85.9 Å². The minimum Gasteiger partial charge on any atom is -0.508 e. The predicted molar refractivity (Wildman–Crippen MR) is 444 cm³/mol. The molecular formula is C78H116N24O15S. The van der Waals surface area contributed by atoms with Gasteiger partial charge in [-0.1, -0.05) is 103 Å². The Bertz CT molecular complexity index is 4330. The van der Waals surface area contributed by atoms with Gasteiger partial charge < -0.3 is 122 Å². The molecule has 1 fully saturated rings. The number of nitrogens with zero attached hydrogens (tertiary/aromatic N) is 1. The second kappa shape index (κ2) is 47.1. The average Bonchev–Trinajstić information content (AvgIpc) is 1.64. The molecule has 0 bridgehead atoms. The molecule has 644 valence electrons. The van der Waals surface area contributed by atoms with Gasteiger partial charge >= 0.3 is 0 Å². The molecular weight excluding hydrogens is 1550 g/mol. The number of primary amides is 1. The van der Waals surface area contributed by atoms with Gasteiger partial charge in [-0.25, -0.2) is 0 Å².